The molecule has 0 aliphatic carbocycles. The van der Waals surface area contributed by atoms with Crippen molar-refractivity contribution in [3.63, 3.8) is 0 Å². The van der Waals surface area contributed by atoms with Gasteiger partial charge in [-0.25, -0.2) is 14.4 Å². The van der Waals surface area contributed by atoms with Crippen LogP contribution < -0.4 is 4.90 Å². The molecule has 0 saturated carbocycles. The summed E-state index contributed by atoms with van der Waals surface area (Å²) in [5.74, 6) is 1.38. The molecule has 2 fully saturated rings. The van der Waals surface area contributed by atoms with Gasteiger partial charge >= 0.3 is 0 Å². The van der Waals surface area contributed by atoms with Gasteiger partial charge in [-0.2, -0.15) is 0 Å². The van der Waals surface area contributed by atoms with E-state index in [1.807, 2.05) is 24.5 Å². The number of rotatable bonds is 10. The van der Waals surface area contributed by atoms with Gasteiger partial charge in [0.2, 0.25) is 0 Å². The smallest absolute Gasteiger partial charge is 0.147 e. The van der Waals surface area contributed by atoms with Crippen molar-refractivity contribution in [2.45, 2.75) is 50.4 Å². The van der Waals surface area contributed by atoms with E-state index >= 15 is 0 Å². The largest absolute Gasteiger partial charge is 0.353 e. The molecule has 0 radical (unpaired) electrons. The van der Waals surface area contributed by atoms with E-state index in [2.05, 4.69) is 123 Å². The lowest BCUT2D eigenvalue weighted by Crippen LogP contribution is -2.58. The minimum atomic E-state index is -0.701. The standard InChI is InChI=1S/C45H45Cl2FN6/c1-2-39-32-52(26-27-53(39)40-20-23-51(24-21-40)31-33-18-19-38(46)29-42(33)48)44-41(47)28-34(30-50-44)43-49-22-25-54(43)45(35-12-6-3-7-13-35,36-14-8-4-9-15-36)37-16-10-5-11-17-37/h3-19,22,25,28-30,39-40H,2,20-21,23-24,26-27,31-32H2,1H3/t39-/m0/s1. The molecule has 9 heteroatoms. The SMILES string of the molecule is CC[C@H]1CN(c2ncc(-c3nccn3C(c3ccccc3)(c3ccccc3)c3ccccc3)cc2Cl)CCN1C1CCN(Cc2ccc(Cl)cc2F)CC1. The Labute approximate surface area is 327 Å². The topological polar surface area (TPSA) is 40.4 Å². The number of piperidine rings is 1. The normalized spacial score (nSPS) is 17.6. The molecule has 276 valence electrons. The van der Waals surface area contributed by atoms with Crippen molar-refractivity contribution in [3.05, 3.63) is 172 Å². The average Bonchev–Trinajstić information content (AvgIpc) is 3.71. The molecule has 8 rings (SSSR count). The molecule has 0 unspecified atom stereocenters. The second kappa shape index (κ2) is 16.1. The second-order valence-corrected chi connectivity index (χ2v) is 15.3. The van der Waals surface area contributed by atoms with Gasteiger partial charge in [0.25, 0.3) is 0 Å². The van der Waals surface area contributed by atoms with Gasteiger partial charge in [0.1, 0.15) is 23.0 Å². The number of hydrogen-bond donors (Lipinski definition) is 0. The number of benzene rings is 4. The van der Waals surface area contributed by atoms with E-state index in [4.69, 9.17) is 33.2 Å². The fourth-order valence-corrected chi connectivity index (χ4v) is 9.18. The minimum absolute atomic E-state index is 0.225. The maximum Gasteiger partial charge on any atom is 0.147 e. The van der Waals surface area contributed by atoms with Crippen LogP contribution in [0.15, 0.2) is 134 Å². The summed E-state index contributed by atoms with van der Waals surface area (Å²) in [7, 11) is 0. The Morgan fingerprint density at radius 2 is 1.39 bits per heavy atom. The maximum atomic E-state index is 14.5. The van der Waals surface area contributed by atoms with E-state index in [0.717, 1.165) is 85.9 Å². The van der Waals surface area contributed by atoms with Crippen LogP contribution in [0.1, 0.15) is 48.4 Å². The zero-order valence-electron chi connectivity index (χ0n) is 30.5. The Hall–Kier alpha value is -4.53. The number of hydrogen-bond acceptors (Lipinski definition) is 5. The van der Waals surface area contributed by atoms with E-state index in [-0.39, 0.29) is 5.82 Å². The third-order valence-electron chi connectivity index (χ3n) is 11.4. The Kier molecular flexibility index (Phi) is 10.8. The van der Waals surface area contributed by atoms with Crippen LogP contribution in [0.2, 0.25) is 10.0 Å². The number of nitrogens with zero attached hydrogens (tertiary/aromatic N) is 6. The lowest BCUT2D eigenvalue weighted by Gasteiger charge is -2.47. The van der Waals surface area contributed by atoms with Crippen LogP contribution in [0.25, 0.3) is 11.4 Å². The molecule has 4 heterocycles. The van der Waals surface area contributed by atoms with Gasteiger partial charge in [-0.1, -0.05) is 127 Å². The molecule has 0 bridgehead atoms. The van der Waals surface area contributed by atoms with Gasteiger partial charge in [0.05, 0.1) is 5.02 Å². The van der Waals surface area contributed by atoms with E-state index in [0.29, 0.717) is 34.2 Å². The Morgan fingerprint density at radius 3 is 1.96 bits per heavy atom. The number of halogens is 3. The Morgan fingerprint density at radius 1 is 0.759 bits per heavy atom. The van der Waals surface area contributed by atoms with Gasteiger partial charge in [0.15, 0.2) is 0 Å². The molecular formula is C45H45Cl2FN6. The van der Waals surface area contributed by atoms with Crippen molar-refractivity contribution in [2.75, 3.05) is 37.6 Å². The highest BCUT2D eigenvalue weighted by Gasteiger charge is 2.40. The van der Waals surface area contributed by atoms with Gasteiger partial charge in [-0.05, 0) is 67.2 Å². The molecule has 1 atom stereocenters. The predicted molar refractivity (Wildman–Crippen MR) is 218 cm³/mol. The molecule has 54 heavy (non-hydrogen) atoms. The molecule has 6 aromatic rings. The van der Waals surface area contributed by atoms with Crippen molar-refractivity contribution in [1.82, 2.24) is 24.3 Å². The highest BCUT2D eigenvalue weighted by Crippen LogP contribution is 2.43. The summed E-state index contributed by atoms with van der Waals surface area (Å²) in [4.78, 5) is 17.4. The van der Waals surface area contributed by atoms with Crippen LogP contribution >= 0.6 is 23.2 Å². The summed E-state index contributed by atoms with van der Waals surface area (Å²) in [6.07, 6.45) is 9.05. The van der Waals surface area contributed by atoms with E-state index in [1.165, 1.54) is 6.07 Å². The number of likely N-dealkylation sites (tertiary alicyclic amines) is 1. The molecule has 2 aliphatic rings. The first-order valence-electron chi connectivity index (χ1n) is 19.0. The van der Waals surface area contributed by atoms with Crippen molar-refractivity contribution >= 4 is 29.0 Å². The lowest BCUT2D eigenvalue weighted by atomic mass is 9.76. The number of anilines is 1. The predicted octanol–water partition coefficient (Wildman–Crippen LogP) is 9.80. The maximum absolute atomic E-state index is 14.5. The van der Waals surface area contributed by atoms with Gasteiger partial charge in [-0.15, -0.1) is 0 Å². The molecule has 4 aromatic carbocycles. The number of piperazine rings is 1. The third kappa shape index (κ3) is 7.06. The average molecular weight is 760 g/mol. The number of aromatic nitrogens is 3. The zero-order valence-corrected chi connectivity index (χ0v) is 32.0. The zero-order chi connectivity index (χ0) is 37.1. The molecule has 0 amide bonds. The first kappa shape index (κ1) is 36.4. The number of pyridine rings is 1. The molecule has 2 aliphatic heterocycles. The third-order valence-corrected chi connectivity index (χ3v) is 11.9. The van der Waals surface area contributed by atoms with E-state index < -0.39 is 5.54 Å². The summed E-state index contributed by atoms with van der Waals surface area (Å²) in [6.45, 7) is 7.47. The lowest BCUT2D eigenvalue weighted by molar-refractivity contribution is 0.0607. The van der Waals surface area contributed by atoms with Crippen LogP contribution in [-0.4, -0.2) is 69.1 Å². The molecule has 2 aromatic heterocycles. The van der Waals surface area contributed by atoms with Crippen LogP contribution in [-0.2, 0) is 12.1 Å². The van der Waals surface area contributed by atoms with Crippen LogP contribution in [0, 0.1) is 5.82 Å². The number of imidazole rings is 1. The van der Waals surface area contributed by atoms with Gasteiger partial charge in [-0.3, -0.25) is 9.80 Å². The van der Waals surface area contributed by atoms with Crippen molar-refractivity contribution in [3.8, 4) is 11.4 Å². The Balaban J connectivity index is 1.03. The molecule has 0 spiro atoms. The van der Waals surface area contributed by atoms with Crippen molar-refractivity contribution in [1.29, 1.82) is 0 Å². The van der Waals surface area contributed by atoms with Crippen molar-refractivity contribution < 1.29 is 4.39 Å². The van der Waals surface area contributed by atoms with E-state index in [1.54, 1.807) is 6.07 Å². The van der Waals surface area contributed by atoms with Gasteiger partial charge in [0, 0.05) is 73.0 Å². The fraction of sp³-hybridized carbons (Fsp3) is 0.289. The second-order valence-electron chi connectivity index (χ2n) is 14.4. The summed E-state index contributed by atoms with van der Waals surface area (Å²) in [6, 6.07) is 39.8. The highest BCUT2D eigenvalue weighted by atomic mass is 35.5. The summed E-state index contributed by atoms with van der Waals surface area (Å²) < 4.78 is 16.8. The summed E-state index contributed by atoms with van der Waals surface area (Å²) >= 11 is 13.2. The molecule has 2 saturated heterocycles. The van der Waals surface area contributed by atoms with Crippen LogP contribution in [0.3, 0.4) is 0 Å². The highest BCUT2D eigenvalue weighted by molar-refractivity contribution is 6.33. The first-order valence-corrected chi connectivity index (χ1v) is 19.7. The van der Waals surface area contributed by atoms with Crippen molar-refractivity contribution in [2.24, 2.45) is 0 Å². The van der Waals surface area contributed by atoms with Gasteiger partial charge < -0.3 is 9.47 Å². The van der Waals surface area contributed by atoms with E-state index in [9.17, 15) is 4.39 Å². The Bertz CT molecular complexity index is 2060. The van der Waals surface area contributed by atoms with Crippen LogP contribution in [0.4, 0.5) is 10.2 Å². The molecular weight excluding hydrogens is 714 g/mol. The summed E-state index contributed by atoms with van der Waals surface area (Å²) in [5, 5.41) is 1.06. The molecule has 6 nitrogen and oxygen atoms in total. The van der Waals surface area contributed by atoms with Crippen LogP contribution in [0.5, 0.6) is 0 Å². The molecule has 0 N–H and O–H groups in total. The minimum Gasteiger partial charge on any atom is -0.353 e. The first-order chi connectivity index (χ1) is 26.4. The fourth-order valence-electron chi connectivity index (χ4n) is 8.73. The monoisotopic (exact) mass is 758 g/mol. The quantitative estimate of drug-likeness (QED) is 0.130. The summed E-state index contributed by atoms with van der Waals surface area (Å²) in [5.41, 5.74) is 4.25.